The third kappa shape index (κ3) is 2.13. The number of carboxylic acid groups (broad SMARTS) is 1. The Morgan fingerprint density at radius 3 is 2.50 bits per heavy atom. The van der Waals surface area contributed by atoms with E-state index in [-0.39, 0.29) is 18.4 Å². The first-order valence-corrected chi connectivity index (χ1v) is 6.97. The summed E-state index contributed by atoms with van der Waals surface area (Å²) in [6.07, 6.45) is 3.37. The minimum atomic E-state index is -1.02. The highest BCUT2D eigenvalue weighted by Gasteiger charge is 2.57. The second-order valence-electron chi connectivity index (χ2n) is 5.66. The van der Waals surface area contributed by atoms with E-state index in [0.29, 0.717) is 23.2 Å². The quantitative estimate of drug-likeness (QED) is 0.819. The van der Waals surface area contributed by atoms with Gasteiger partial charge in [0.2, 0.25) is 5.91 Å². The van der Waals surface area contributed by atoms with Crippen molar-refractivity contribution in [3.63, 3.8) is 0 Å². The van der Waals surface area contributed by atoms with Crippen LogP contribution >= 0.6 is 0 Å². The number of hydrogen-bond donors (Lipinski definition) is 2. The molecule has 0 aromatic heterocycles. The third-order valence-corrected chi connectivity index (χ3v) is 4.48. The van der Waals surface area contributed by atoms with Gasteiger partial charge in [0.1, 0.15) is 6.54 Å². The predicted molar refractivity (Wildman–Crippen MR) is 75.2 cm³/mol. The molecule has 3 rings (SSSR count). The van der Waals surface area contributed by atoms with Crippen LogP contribution in [0.4, 0.5) is 11.4 Å². The standard InChI is InChI=1S/C15H18N2O3/c16-11-6-1-2-7-12(11)17(8-13(18)19)15(20)14-9-4-3-5-10(9)14/h1-2,6-7,9-10,14H,3-5,8,16H2,(H,18,19). The highest BCUT2D eigenvalue weighted by molar-refractivity contribution is 6.02. The first-order chi connectivity index (χ1) is 9.59. The van der Waals surface area contributed by atoms with Crippen molar-refractivity contribution in [1.29, 1.82) is 0 Å². The van der Waals surface area contributed by atoms with Gasteiger partial charge in [-0.05, 0) is 36.8 Å². The van der Waals surface area contributed by atoms with E-state index in [1.807, 2.05) is 0 Å². The molecule has 3 N–H and O–H groups in total. The van der Waals surface area contributed by atoms with Gasteiger partial charge in [-0.3, -0.25) is 14.5 Å². The summed E-state index contributed by atoms with van der Waals surface area (Å²) < 4.78 is 0. The monoisotopic (exact) mass is 274 g/mol. The number of fused-ring (bicyclic) bond motifs is 1. The smallest absolute Gasteiger partial charge is 0.323 e. The molecule has 0 bridgehead atoms. The second-order valence-corrected chi connectivity index (χ2v) is 5.66. The molecule has 20 heavy (non-hydrogen) atoms. The number of carboxylic acids is 1. The summed E-state index contributed by atoms with van der Waals surface area (Å²) in [5.74, 6) is -0.178. The van der Waals surface area contributed by atoms with Crippen molar-refractivity contribution in [2.24, 2.45) is 17.8 Å². The molecule has 1 amide bonds. The second kappa shape index (κ2) is 4.81. The van der Waals surface area contributed by atoms with Crippen LogP contribution in [-0.2, 0) is 9.59 Å². The van der Waals surface area contributed by atoms with E-state index < -0.39 is 5.97 Å². The lowest BCUT2D eigenvalue weighted by atomic mass is 10.1. The van der Waals surface area contributed by atoms with Gasteiger partial charge in [0.25, 0.3) is 0 Å². The molecule has 2 unspecified atom stereocenters. The molecule has 0 saturated heterocycles. The van der Waals surface area contributed by atoms with Crippen molar-refractivity contribution < 1.29 is 14.7 Å². The van der Waals surface area contributed by atoms with Crippen molar-refractivity contribution in [3.05, 3.63) is 24.3 Å². The van der Waals surface area contributed by atoms with Crippen LogP contribution in [0.25, 0.3) is 0 Å². The number of anilines is 2. The predicted octanol–water partition coefficient (Wildman–Crippen LogP) is 1.73. The number of aliphatic carboxylic acids is 1. The number of amides is 1. The summed E-state index contributed by atoms with van der Waals surface area (Å²) in [5, 5.41) is 9.06. The van der Waals surface area contributed by atoms with Gasteiger partial charge < -0.3 is 10.8 Å². The third-order valence-electron chi connectivity index (χ3n) is 4.48. The summed E-state index contributed by atoms with van der Waals surface area (Å²) >= 11 is 0. The van der Waals surface area contributed by atoms with Crippen LogP contribution in [0, 0.1) is 17.8 Å². The average molecular weight is 274 g/mol. The number of benzene rings is 1. The summed E-state index contributed by atoms with van der Waals surface area (Å²) in [7, 11) is 0. The molecule has 2 aliphatic rings. The number of para-hydroxylation sites is 2. The first-order valence-electron chi connectivity index (χ1n) is 6.97. The maximum Gasteiger partial charge on any atom is 0.323 e. The Morgan fingerprint density at radius 2 is 1.90 bits per heavy atom. The molecule has 5 heteroatoms. The molecule has 2 saturated carbocycles. The SMILES string of the molecule is Nc1ccccc1N(CC(=O)O)C(=O)C1C2CCCC21. The van der Waals surface area contributed by atoms with Gasteiger partial charge in [-0.15, -0.1) is 0 Å². The summed E-state index contributed by atoms with van der Waals surface area (Å²) in [6, 6.07) is 6.93. The number of carbonyl (C=O) groups is 2. The Labute approximate surface area is 117 Å². The van der Waals surface area contributed by atoms with Crippen molar-refractivity contribution in [2.45, 2.75) is 19.3 Å². The van der Waals surface area contributed by atoms with Crippen molar-refractivity contribution in [1.82, 2.24) is 0 Å². The van der Waals surface area contributed by atoms with Crippen LogP contribution in [0.3, 0.4) is 0 Å². The fraction of sp³-hybridized carbons (Fsp3) is 0.467. The maximum absolute atomic E-state index is 12.6. The Bertz CT molecular complexity index is 548. The van der Waals surface area contributed by atoms with Crippen LogP contribution in [0.15, 0.2) is 24.3 Å². The zero-order valence-electron chi connectivity index (χ0n) is 11.2. The van der Waals surface area contributed by atoms with Gasteiger partial charge in [0.15, 0.2) is 0 Å². The zero-order valence-corrected chi connectivity index (χ0v) is 11.2. The maximum atomic E-state index is 12.6. The van der Waals surface area contributed by atoms with E-state index in [2.05, 4.69) is 0 Å². The van der Waals surface area contributed by atoms with Gasteiger partial charge in [-0.25, -0.2) is 0 Å². The minimum Gasteiger partial charge on any atom is -0.480 e. The molecular weight excluding hydrogens is 256 g/mol. The molecule has 0 heterocycles. The topological polar surface area (TPSA) is 83.6 Å². The molecule has 106 valence electrons. The molecule has 2 aliphatic carbocycles. The lowest BCUT2D eigenvalue weighted by Crippen LogP contribution is -2.38. The van der Waals surface area contributed by atoms with Gasteiger partial charge in [0, 0.05) is 5.92 Å². The van der Waals surface area contributed by atoms with Gasteiger partial charge in [-0.1, -0.05) is 18.6 Å². The van der Waals surface area contributed by atoms with Crippen LogP contribution < -0.4 is 10.6 Å². The molecule has 2 fully saturated rings. The number of nitrogens with two attached hydrogens (primary N) is 1. The fourth-order valence-corrected chi connectivity index (χ4v) is 3.52. The largest absolute Gasteiger partial charge is 0.480 e. The molecule has 0 aliphatic heterocycles. The number of nitrogen functional groups attached to an aromatic ring is 1. The molecule has 1 aromatic rings. The van der Waals surface area contributed by atoms with Crippen molar-refractivity contribution in [3.8, 4) is 0 Å². The van der Waals surface area contributed by atoms with Gasteiger partial charge >= 0.3 is 5.97 Å². The summed E-state index contributed by atoms with van der Waals surface area (Å²) in [5.41, 5.74) is 6.83. The van der Waals surface area contributed by atoms with E-state index in [9.17, 15) is 9.59 Å². The van der Waals surface area contributed by atoms with Crippen molar-refractivity contribution >= 4 is 23.3 Å². The molecule has 0 spiro atoms. The molecule has 5 nitrogen and oxygen atoms in total. The number of carbonyl (C=O) groups excluding carboxylic acids is 1. The molecule has 0 radical (unpaired) electrons. The average Bonchev–Trinajstić information content (AvgIpc) is 2.88. The summed E-state index contributed by atoms with van der Waals surface area (Å²) in [6.45, 7) is -0.330. The molecular formula is C15H18N2O3. The lowest BCUT2D eigenvalue weighted by Gasteiger charge is -2.23. The Balaban J connectivity index is 1.85. The lowest BCUT2D eigenvalue weighted by molar-refractivity contribution is -0.136. The van der Waals surface area contributed by atoms with E-state index >= 15 is 0 Å². The van der Waals surface area contributed by atoms with Crippen molar-refractivity contribution in [2.75, 3.05) is 17.2 Å². The fourth-order valence-electron chi connectivity index (χ4n) is 3.52. The highest BCUT2D eigenvalue weighted by Crippen LogP contribution is 2.58. The van der Waals surface area contributed by atoms with E-state index in [0.717, 1.165) is 12.8 Å². The number of hydrogen-bond acceptors (Lipinski definition) is 3. The minimum absolute atomic E-state index is 0.00251. The van der Waals surface area contributed by atoms with Crippen LogP contribution in [0.1, 0.15) is 19.3 Å². The summed E-state index contributed by atoms with van der Waals surface area (Å²) in [4.78, 5) is 25.0. The van der Waals surface area contributed by atoms with Crippen LogP contribution in [-0.4, -0.2) is 23.5 Å². The normalized spacial score (nSPS) is 26.9. The highest BCUT2D eigenvalue weighted by atomic mass is 16.4. The van der Waals surface area contributed by atoms with Gasteiger partial charge in [-0.2, -0.15) is 0 Å². The Hall–Kier alpha value is -2.04. The zero-order chi connectivity index (χ0) is 14.3. The number of nitrogens with zero attached hydrogens (tertiary/aromatic N) is 1. The van der Waals surface area contributed by atoms with E-state index in [4.69, 9.17) is 10.8 Å². The van der Waals surface area contributed by atoms with Gasteiger partial charge in [0.05, 0.1) is 11.4 Å². The first kappa shape index (κ1) is 13.0. The number of rotatable bonds is 4. The van der Waals surface area contributed by atoms with E-state index in [1.165, 1.54) is 11.3 Å². The van der Waals surface area contributed by atoms with Crippen LogP contribution in [0.5, 0.6) is 0 Å². The molecule has 2 atom stereocenters. The Kier molecular flexibility index (Phi) is 3.12. The Morgan fingerprint density at radius 1 is 1.25 bits per heavy atom. The van der Waals surface area contributed by atoms with Crippen LogP contribution in [0.2, 0.25) is 0 Å². The molecule has 1 aromatic carbocycles. The van der Waals surface area contributed by atoms with E-state index in [1.54, 1.807) is 24.3 Å².